The van der Waals surface area contributed by atoms with Crippen molar-refractivity contribution in [1.82, 2.24) is 5.32 Å². The summed E-state index contributed by atoms with van der Waals surface area (Å²) in [7, 11) is 0. The number of amides is 1. The minimum Gasteiger partial charge on any atom is -0.356 e. The lowest BCUT2D eigenvalue weighted by Crippen LogP contribution is -2.36. The van der Waals surface area contributed by atoms with Crippen LogP contribution in [-0.4, -0.2) is 24.6 Å². The lowest BCUT2D eigenvalue weighted by molar-refractivity contribution is -0.284. The van der Waals surface area contributed by atoms with Gasteiger partial charge >= 0.3 is 12.1 Å². The third-order valence-corrected chi connectivity index (χ3v) is 3.56. The maximum absolute atomic E-state index is 12.6. The molecule has 1 radical (unpaired) electrons. The van der Waals surface area contributed by atoms with Gasteiger partial charge in [-0.15, -0.1) is 0 Å². The SMILES string of the molecule is [CH2]CCCCCCCCCNC(=O)CCCC(F)(F)C(F)(F)F. The topological polar surface area (TPSA) is 29.1 Å². The Kier molecular flexibility index (Phi) is 11.2. The molecule has 0 aromatic carbocycles. The summed E-state index contributed by atoms with van der Waals surface area (Å²) < 4.78 is 61.0. The van der Waals surface area contributed by atoms with Gasteiger partial charge in [0.1, 0.15) is 0 Å². The van der Waals surface area contributed by atoms with E-state index in [-0.39, 0.29) is 6.42 Å². The fourth-order valence-electron chi connectivity index (χ4n) is 2.11. The van der Waals surface area contributed by atoms with E-state index in [1.165, 1.54) is 12.8 Å². The first-order valence-electron chi connectivity index (χ1n) is 8.21. The molecule has 0 saturated heterocycles. The number of hydrogen-bond donors (Lipinski definition) is 1. The van der Waals surface area contributed by atoms with Gasteiger partial charge < -0.3 is 5.32 Å². The second-order valence-corrected chi connectivity index (χ2v) is 5.73. The average Bonchev–Trinajstić information content (AvgIpc) is 2.44. The van der Waals surface area contributed by atoms with Gasteiger partial charge in [0.25, 0.3) is 0 Å². The number of nitrogens with one attached hydrogen (secondary N) is 1. The predicted octanol–water partition coefficient (Wildman–Crippen LogP) is 5.43. The van der Waals surface area contributed by atoms with Crippen LogP contribution in [0.4, 0.5) is 22.0 Å². The Bertz CT molecular complexity index is 318. The van der Waals surface area contributed by atoms with Crippen molar-refractivity contribution < 1.29 is 26.7 Å². The summed E-state index contributed by atoms with van der Waals surface area (Å²) in [6.45, 7) is 4.21. The molecular weight excluding hydrogens is 317 g/mol. The minimum absolute atomic E-state index is 0.309. The Morgan fingerprint density at radius 3 is 1.87 bits per heavy atom. The van der Waals surface area contributed by atoms with Crippen molar-refractivity contribution in [2.45, 2.75) is 82.7 Å². The molecule has 0 saturated carbocycles. The van der Waals surface area contributed by atoms with Crippen molar-refractivity contribution in [3.63, 3.8) is 0 Å². The van der Waals surface area contributed by atoms with E-state index < -0.39 is 30.8 Å². The summed E-state index contributed by atoms with van der Waals surface area (Å²) in [4.78, 5) is 11.3. The normalized spacial score (nSPS) is 12.4. The van der Waals surface area contributed by atoms with E-state index in [1.807, 2.05) is 0 Å². The number of rotatable bonds is 13. The third kappa shape index (κ3) is 11.3. The Morgan fingerprint density at radius 1 is 0.826 bits per heavy atom. The summed E-state index contributed by atoms with van der Waals surface area (Å²) in [5.74, 6) is -5.19. The van der Waals surface area contributed by atoms with Crippen molar-refractivity contribution >= 4 is 5.91 Å². The highest BCUT2D eigenvalue weighted by molar-refractivity contribution is 5.75. The Balaban J connectivity index is 3.51. The van der Waals surface area contributed by atoms with E-state index >= 15 is 0 Å². The van der Waals surface area contributed by atoms with Gasteiger partial charge in [-0.05, 0) is 12.8 Å². The van der Waals surface area contributed by atoms with Crippen LogP contribution in [0.1, 0.15) is 70.6 Å². The molecule has 0 aliphatic carbocycles. The van der Waals surface area contributed by atoms with E-state index in [9.17, 15) is 26.7 Å². The fourth-order valence-corrected chi connectivity index (χ4v) is 2.11. The van der Waals surface area contributed by atoms with Crippen molar-refractivity contribution in [3.8, 4) is 0 Å². The lowest BCUT2D eigenvalue weighted by atomic mass is 10.1. The van der Waals surface area contributed by atoms with Gasteiger partial charge in [-0.2, -0.15) is 22.0 Å². The van der Waals surface area contributed by atoms with E-state index in [4.69, 9.17) is 0 Å². The number of halogens is 5. The second kappa shape index (κ2) is 11.6. The second-order valence-electron chi connectivity index (χ2n) is 5.73. The number of carbonyl (C=O) groups excluding carboxylic acids is 1. The molecule has 137 valence electrons. The highest BCUT2D eigenvalue weighted by Crippen LogP contribution is 2.38. The van der Waals surface area contributed by atoms with Crippen molar-refractivity contribution in [1.29, 1.82) is 0 Å². The van der Waals surface area contributed by atoms with Crippen molar-refractivity contribution in [3.05, 3.63) is 6.92 Å². The molecule has 0 fully saturated rings. The van der Waals surface area contributed by atoms with Gasteiger partial charge in [0, 0.05) is 19.4 Å². The van der Waals surface area contributed by atoms with Gasteiger partial charge in [0.2, 0.25) is 5.91 Å². The maximum Gasteiger partial charge on any atom is 0.453 e. The van der Waals surface area contributed by atoms with Crippen molar-refractivity contribution in [2.75, 3.05) is 6.54 Å². The molecule has 0 aliphatic heterocycles. The molecule has 0 atom stereocenters. The Morgan fingerprint density at radius 2 is 1.35 bits per heavy atom. The van der Waals surface area contributed by atoms with Crippen LogP contribution >= 0.6 is 0 Å². The predicted molar refractivity (Wildman–Crippen MR) is 80.2 cm³/mol. The van der Waals surface area contributed by atoms with E-state index in [1.54, 1.807) is 0 Å². The van der Waals surface area contributed by atoms with E-state index in [2.05, 4.69) is 12.2 Å². The minimum atomic E-state index is -5.54. The molecule has 0 aromatic rings. The van der Waals surface area contributed by atoms with Crippen LogP contribution in [0.5, 0.6) is 0 Å². The van der Waals surface area contributed by atoms with Gasteiger partial charge in [-0.25, -0.2) is 0 Å². The third-order valence-electron chi connectivity index (χ3n) is 3.56. The first-order chi connectivity index (χ1) is 10.7. The van der Waals surface area contributed by atoms with Gasteiger partial charge in [0.05, 0.1) is 0 Å². The smallest absolute Gasteiger partial charge is 0.356 e. The van der Waals surface area contributed by atoms with Gasteiger partial charge in [-0.3, -0.25) is 4.79 Å². The summed E-state index contributed by atoms with van der Waals surface area (Å²) in [6.07, 6.45) is 0.750. The number of carbonyl (C=O) groups is 1. The highest BCUT2D eigenvalue weighted by Gasteiger charge is 2.56. The molecule has 7 heteroatoms. The number of unbranched alkanes of at least 4 members (excludes halogenated alkanes) is 7. The van der Waals surface area contributed by atoms with Crippen molar-refractivity contribution in [2.24, 2.45) is 0 Å². The first-order valence-corrected chi connectivity index (χ1v) is 8.21. The molecule has 0 heterocycles. The molecule has 0 aromatic heterocycles. The highest BCUT2D eigenvalue weighted by atomic mass is 19.4. The van der Waals surface area contributed by atoms with Crippen LogP contribution in [0.15, 0.2) is 0 Å². The molecule has 1 N–H and O–H groups in total. The zero-order valence-electron chi connectivity index (χ0n) is 13.5. The Hall–Kier alpha value is -0.880. The fraction of sp³-hybridized carbons (Fsp3) is 0.875. The summed E-state index contributed by atoms with van der Waals surface area (Å²) in [5.41, 5.74) is 0. The average molecular weight is 344 g/mol. The van der Waals surface area contributed by atoms with Crippen LogP contribution in [0, 0.1) is 6.92 Å². The van der Waals surface area contributed by atoms with Crippen LogP contribution in [0.25, 0.3) is 0 Å². The van der Waals surface area contributed by atoms with Gasteiger partial charge in [-0.1, -0.05) is 51.9 Å². The van der Waals surface area contributed by atoms with E-state index in [0.29, 0.717) is 6.54 Å². The zero-order chi connectivity index (χ0) is 17.8. The molecule has 23 heavy (non-hydrogen) atoms. The van der Waals surface area contributed by atoms with Crippen LogP contribution in [0.3, 0.4) is 0 Å². The molecule has 0 aliphatic rings. The number of hydrogen-bond acceptors (Lipinski definition) is 1. The summed E-state index contributed by atoms with van der Waals surface area (Å²) in [5, 5.41) is 2.55. The van der Waals surface area contributed by atoms with E-state index in [0.717, 1.165) is 38.5 Å². The molecule has 0 bridgehead atoms. The monoisotopic (exact) mass is 344 g/mol. The quantitative estimate of drug-likeness (QED) is 0.350. The molecule has 0 unspecified atom stereocenters. The van der Waals surface area contributed by atoms with Crippen LogP contribution < -0.4 is 5.32 Å². The standard InChI is InChI=1S/C16H27F5NO/c1-2-3-4-5-6-7-8-9-13-22-14(23)11-10-12-15(17,18)16(19,20)21/h1-13H2,(H,22,23). The van der Waals surface area contributed by atoms with Crippen LogP contribution in [-0.2, 0) is 4.79 Å². The zero-order valence-corrected chi connectivity index (χ0v) is 13.5. The molecule has 0 spiro atoms. The van der Waals surface area contributed by atoms with Crippen LogP contribution in [0.2, 0.25) is 0 Å². The Labute approximate surface area is 135 Å². The molecule has 0 rings (SSSR count). The molecular formula is C16H27F5NO. The number of alkyl halides is 5. The first kappa shape index (κ1) is 22.1. The van der Waals surface area contributed by atoms with Gasteiger partial charge in [0.15, 0.2) is 0 Å². The molecule has 2 nitrogen and oxygen atoms in total. The largest absolute Gasteiger partial charge is 0.453 e. The summed E-state index contributed by atoms with van der Waals surface area (Å²) >= 11 is 0. The lowest BCUT2D eigenvalue weighted by Gasteiger charge is -2.19. The maximum atomic E-state index is 12.6. The summed E-state index contributed by atoms with van der Waals surface area (Å²) in [6, 6.07) is 0. The molecule has 1 amide bonds.